The summed E-state index contributed by atoms with van der Waals surface area (Å²) in [6, 6.07) is 12.8. The second-order valence-corrected chi connectivity index (χ2v) is 6.03. The summed E-state index contributed by atoms with van der Waals surface area (Å²) < 4.78 is 12.3. The molecule has 0 unspecified atom stereocenters. The van der Waals surface area contributed by atoms with Crippen LogP contribution in [0, 0.1) is 0 Å². The minimum atomic E-state index is -0.269. The Balaban J connectivity index is 1.40. The van der Waals surface area contributed by atoms with Gasteiger partial charge < -0.3 is 14.2 Å². The van der Waals surface area contributed by atoms with Crippen molar-refractivity contribution in [1.82, 2.24) is 34.9 Å². The Labute approximate surface area is 165 Å². The average molecular weight is 391 g/mol. The first-order valence-electron chi connectivity index (χ1n) is 8.79. The quantitative estimate of drug-likeness (QED) is 0.418. The highest BCUT2D eigenvalue weighted by Gasteiger charge is 2.18. The third-order valence-electron chi connectivity index (χ3n) is 4.01. The Hall–Kier alpha value is -4.08. The summed E-state index contributed by atoms with van der Waals surface area (Å²) in [5.74, 6) is 0.806. The molecule has 146 valence electrons. The molecule has 10 heteroatoms. The van der Waals surface area contributed by atoms with E-state index in [1.165, 1.54) is 15.7 Å². The molecule has 0 saturated carbocycles. The van der Waals surface area contributed by atoms with Crippen LogP contribution in [-0.4, -0.2) is 53.9 Å². The topological polar surface area (TPSA) is 112 Å². The first-order valence-corrected chi connectivity index (χ1v) is 8.79. The molecule has 4 rings (SSSR count). The lowest BCUT2D eigenvalue weighted by Crippen LogP contribution is -2.34. The molecule has 0 bridgehead atoms. The third-order valence-corrected chi connectivity index (χ3v) is 4.01. The van der Waals surface area contributed by atoms with E-state index in [1.54, 1.807) is 18.2 Å². The van der Waals surface area contributed by atoms with Gasteiger partial charge in [-0.1, -0.05) is 41.6 Å². The van der Waals surface area contributed by atoms with Gasteiger partial charge in [0.2, 0.25) is 17.6 Å². The van der Waals surface area contributed by atoms with Gasteiger partial charge in [0.25, 0.3) is 5.91 Å². The maximum atomic E-state index is 12.6. The molecule has 3 heterocycles. The molecule has 0 radical (unpaired) electrons. The summed E-state index contributed by atoms with van der Waals surface area (Å²) in [5.41, 5.74) is 1.42. The number of carbonyl (C=O) groups is 1. The fraction of sp³-hybridized carbons (Fsp3) is 0.158. The number of aromatic nitrogens is 6. The van der Waals surface area contributed by atoms with Gasteiger partial charge in [0.15, 0.2) is 12.3 Å². The monoisotopic (exact) mass is 391 g/mol. The predicted molar refractivity (Wildman–Crippen MR) is 102 cm³/mol. The van der Waals surface area contributed by atoms with E-state index in [9.17, 15) is 4.79 Å². The van der Waals surface area contributed by atoms with Gasteiger partial charge in [-0.2, -0.15) is 9.50 Å². The van der Waals surface area contributed by atoms with Crippen LogP contribution in [0.25, 0.3) is 17.0 Å². The summed E-state index contributed by atoms with van der Waals surface area (Å²) in [6.07, 6.45) is 3.07. The molecule has 0 aliphatic carbocycles. The molecule has 1 aromatic carbocycles. The summed E-state index contributed by atoms with van der Waals surface area (Å²) in [6.45, 7) is 3.95. The first kappa shape index (κ1) is 18.3. The van der Waals surface area contributed by atoms with Gasteiger partial charge >= 0.3 is 0 Å². The van der Waals surface area contributed by atoms with E-state index in [4.69, 9.17) is 9.26 Å². The maximum Gasteiger partial charge on any atom is 0.261 e. The van der Waals surface area contributed by atoms with E-state index in [0.29, 0.717) is 23.9 Å². The molecule has 0 fully saturated rings. The summed E-state index contributed by atoms with van der Waals surface area (Å²) in [4.78, 5) is 18.5. The number of rotatable bonds is 8. The Morgan fingerprint density at radius 1 is 1.24 bits per heavy atom. The molecule has 0 aliphatic heterocycles. The highest BCUT2D eigenvalue weighted by atomic mass is 16.5. The third kappa shape index (κ3) is 4.26. The van der Waals surface area contributed by atoms with E-state index < -0.39 is 0 Å². The highest BCUT2D eigenvalue weighted by Crippen LogP contribution is 2.16. The van der Waals surface area contributed by atoms with Crippen molar-refractivity contribution < 1.29 is 14.1 Å². The van der Waals surface area contributed by atoms with Gasteiger partial charge in [-0.25, -0.2) is 0 Å². The van der Waals surface area contributed by atoms with Gasteiger partial charge in [-0.05, 0) is 6.07 Å². The van der Waals surface area contributed by atoms with Crippen LogP contribution in [0.2, 0.25) is 0 Å². The molecule has 0 aliphatic rings. The van der Waals surface area contributed by atoms with Crippen LogP contribution in [0.4, 0.5) is 0 Å². The second kappa shape index (κ2) is 8.30. The molecule has 4 aromatic rings. The standard InChI is InChI=1S/C19H17N7O3/c1-2-10-25(11-17-21-19(24-29-17)14-6-4-3-5-7-14)18(27)12-28-16-9-8-15-22-20-13-26(15)23-16/h2-9,13H,1,10-12H2. The molecule has 1 amide bonds. The van der Waals surface area contributed by atoms with E-state index in [0.717, 1.165) is 5.56 Å². The van der Waals surface area contributed by atoms with Crippen molar-refractivity contribution in [3.05, 3.63) is 67.3 Å². The van der Waals surface area contributed by atoms with Crippen molar-refractivity contribution >= 4 is 11.6 Å². The van der Waals surface area contributed by atoms with Crippen molar-refractivity contribution in [2.24, 2.45) is 0 Å². The predicted octanol–water partition coefficient (Wildman–Crippen LogP) is 1.77. The molecule has 0 spiro atoms. The molecule has 0 N–H and O–H groups in total. The second-order valence-electron chi connectivity index (χ2n) is 6.03. The largest absolute Gasteiger partial charge is 0.467 e. The Bertz CT molecular complexity index is 1120. The van der Waals surface area contributed by atoms with Crippen LogP contribution in [-0.2, 0) is 11.3 Å². The van der Waals surface area contributed by atoms with Crippen LogP contribution >= 0.6 is 0 Å². The normalized spacial score (nSPS) is 10.8. The molecule has 10 nitrogen and oxygen atoms in total. The summed E-state index contributed by atoms with van der Waals surface area (Å²) >= 11 is 0. The maximum absolute atomic E-state index is 12.6. The first-order chi connectivity index (χ1) is 14.2. The van der Waals surface area contributed by atoms with Gasteiger partial charge in [-0.15, -0.1) is 21.9 Å². The van der Waals surface area contributed by atoms with Crippen LogP contribution in [0.1, 0.15) is 5.89 Å². The zero-order chi connectivity index (χ0) is 20.1. The highest BCUT2D eigenvalue weighted by molar-refractivity contribution is 5.77. The SMILES string of the molecule is C=CCN(Cc1nc(-c2ccccc2)no1)C(=O)COc1ccc2nncn2n1. The molecule has 3 aromatic heterocycles. The number of hydrogen-bond acceptors (Lipinski definition) is 8. The lowest BCUT2D eigenvalue weighted by molar-refractivity contribution is -0.133. The minimum Gasteiger partial charge on any atom is -0.467 e. The van der Waals surface area contributed by atoms with Gasteiger partial charge in [0.05, 0.1) is 0 Å². The molecule has 0 atom stereocenters. The Kier molecular flexibility index (Phi) is 5.23. The Morgan fingerprint density at radius 3 is 2.93 bits per heavy atom. The van der Waals surface area contributed by atoms with Crippen molar-refractivity contribution in [2.45, 2.75) is 6.54 Å². The smallest absolute Gasteiger partial charge is 0.261 e. The molecule has 0 saturated heterocycles. The fourth-order valence-corrected chi connectivity index (χ4v) is 2.61. The number of amides is 1. The number of carbonyl (C=O) groups excluding carboxylic acids is 1. The molecular formula is C19H17N7O3. The van der Waals surface area contributed by atoms with Crippen molar-refractivity contribution in [2.75, 3.05) is 13.2 Å². The number of benzene rings is 1. The number of hydrogen-bond donors (Lipinski definition) is 0. The zero-order valence-electron chi connectivity index (χ0n) is 15.4. The molecule has 29 heavy (non-hydrogen) atoms. The fourth-order valence-electron chi connectivity index (χ4n) is 2.61. The molecular weight excluding hydrogens is 374 g/mol. The van der Waals surface area contributed by atoms with Crippen molar-refractivity contribution in [3.8, 4) is 17.3 Å². The van der Waals surface area contributed by atoms with Crippen LogP contribution in [0.15, 0.2) is 66.0 Å². The van der Waals surface area contributed by atoms with Gasteiger partial charge in [0, 0.05) is 18.2 Å². The average Bonchev–Trinajstić information content (AvgIpc) is 3.41. The lowest BCUT2D eigenvalue weighted by atomic mass is 10.2. The number of fused-ring (bicyclic) bond motifs is 1. The van der Waals surface area contributed by atoms with Crippen LogP contribution in [0.3, 0.4) is 0 Å². The van der Waals surface area contributed by atoms with Gasteiger partial charge in [-0.3, -0.25) is 4.79 Å². The number of nitrogens with zero attached hydrogens (tertiary/aromatic N) is 7. The van der Waals surface area contributed by atoms with Crippen molar-refractivity contribution in [1.29, 1.82) is 0 Å². The summed E-state index contributed by atoms with van der Waals surface area (Å²) in [7, 11) is 0. The van der Waals surface area contributed by atoms with E-state index in [2.05, 4.69) is 32.0 Å². The van der Waals surface area contributed by atoms with Crippen molar-refractivity contribution in [3.63, 3.8) is 0 Å². The van der Waals surface area contributed by atoms with E-state index >= 15 is 0 Å². The lowest BCUT2D eigenvalue weighted by Gasteiger charge is -2.19. The zero-order valence-corrected chi connectivity index (χ0v) is 15.4. The minimum absolute atomic E-state index is 0.145. The van der Waals surface area contributed by atoms with E-state index in [-0.39, 0.29) is 24.9 Å². The van der Waals surface area contributed by atoms with Crippen LogP contribution < -0.4 is 4.74 Å². The summed E-state index contributed by atoms with van der Waals surface area (Å²) in [5, 5.41) is 15.8. The van der Waals surface area contributed by atoms with Gasteiger partial charge in [0.1, 0.15) is 12.9 Å². The van der Waals surface area contributed by atoms with E-state index in [1.807, 2.05) is 30.3 Å². The van der Waals surface area contributed by atoms with Crippen LogP contribution in [0.5, 0.6) is 5.88 Å². The number of ether oxygens (including phenoxy) is 1. The Morgan fingerprint density at radius 2 is 2.10 bits per heavy atom.